The minimum atomic E-state index is -1.07. The highest BCUT2D eigenvalue weighted by Crippen LogP contribution is 2.28. The van der Waals surface area contributed by atoms with Gasteiger partial charge in [-0.05, 0) is 24.3 Å². The fourth-order valence-electron chi connectivity index (χ4n) is 1.98. The molecular formula is C15H13ClFNO2S. The van der Waals surface area contributed by atoms with Gasteiger partial charge in [-0.1, -0.05) is 23.7 Å². The van der Waals surface area contributed by atoms with Crippen LogP contribution >= 0.6 is 22.9 Å². The summed E-state index contributed by atoms with van der Waals surface area (Å²) in [5.41, 5.74) is 0.877. The van der Waals surface area contributed by atoms with Gasteiger partial charge in [0.2, 0.25) is 0 Å². The largest absolute Gasteiger partial charge is 0.478 e. The average molecular weight is 326 g/mol. The van der Waals surface area contributed by atoms with Crippen LogP contribution in [0.1, 0.15) is 10.4 Å². The minimum absolute atomic E-state index is 0.361. The number of halogens is 2. The van der Waals surface area contributed by atoms with Crippen molar-refractivity contribution in [3.63, 3.8) is 0 Å². The van der Waals surface area contributed by atoms with E-state index in [1.165, 1.54) is 23.5 Å². The van der Waals surface area contributed by atoms with Crippen LogP contribution in [-0.4, -0.2) is 18.1 Å². The molecule has 110 valence electrons. The number of para-hydroxylation sites is 1. The first-order valence-electron chi connectivity index (χ1n) is 6.12. The normalized spacial score (nSPS) is 11.0. The number of carboxylic acids is 1. The predicted molar refractivity (Wildman–Crippen MR) is 84.5 cm³/mol. The molecule has 6 heteroatoms. The summed E-state index contributed by atoms with van der Waals surface area (Å²) < 4.78 is 14.8. The molecule has 0 fully saturated rings. The minimum Gasteiger partial charge on any atom is -0.478 e. The van der Waals surface area contributed by atoms with E-state index in [1.807, 2.05) is 6.07 Å². The Hall–Kier alpha value is -1.85. The molecule has 3 nitrogen and oxygen atoms in total. The standard InChI is InChI=1S/C15H13ClFNO2S/c1-18(9-11-6-7-13(16)21-11)15-10(5-8-14(19)20)3-2-4-12(15)17/h2-8H,9H2,1H3,(H,19,20)/b8-5+. The van der Waals surface area contributed by atoms with E-state index in [2.05, 4.69) is 0 Å². The molecule has 0 atom stereocenters. The Morgan fingerprint density at radius 1 is 1.43 bits per heavy atom. The van der Waals surface area contributed by atoms with Crippen molar-refractivity contribution in [2.75, 3.05) is 11.9 Å². The zero-order valence-corrected chi connectivity index (χ0v) is 12.8. The number of hydrogen-bond donors (Lipinski definition) is 1. The molecule has 0 spiro atoms. The van der Waals surface area contributed by atoms with Gasteiger partial charge in [0.05, 0.1) is 16.6 Å². The number of anilines is 1. The van der Waals surface area contributed by atoms with Crippen LogP contribution < -0.4 is 4.90 Å². The van der Waals surface area contributed by atoms with Crippen LogP contribution in [0, 0.1) is 5.82 Å². The van der Waals surface area contributed by atoms with Crippen LogP contribution in [0.2, 0.25) is 4.34 Å². The summed E-state index contributed by atoms with van der Waals surface area (Å²) in [6.45, 7) is 0.492. The molecule has 0 amide bonds. The van der Waals surface area contributed by atoms with Crippen molar-refractivity contribution < 1.29 is 14.3 Å². The lowest BCUT2D eigenvalue weighted by Crippen LogP contribution is -2.18. The molecule has 1 N–H and O–H groups in total. The maximum Gasteiger partial charge on any atom is 0.328 e. The van der Waals surface area contributed by atoms with Gasteiger partial charge in [0, 0.05) is 23.6 Å². The number of carboxylic acid groups (broad SMARTS) is 1. The molecule has 0 aliphatic rings. The average Bonchev–Trinajstić information content (AvgIpc) is 2.81. The number of benzene rings is 1. The first-order chi connectivity index (χ1) is 9.97. The summed E-state index contributed by atoms with van der Waals surface area (Å²) in [6, 6.07) is 8.26. The molecule has 0 unspecified atom stereocenters. The van der Waals surface area contributed by atoms with Crippen LogP contribution in [0.5, 0.6) is 0 Å². The van der Waals surface area contributed by atoms with E-state index in [0.717, 1.165) is 11.0 Å². The van der Waals surface area contributed by atoms with E-state index in [-0.39, 0.29) is 0 Å². The van der Waals surface area contributed by atoms with Crippen molar-refractivity contribution in [3.8, 4) is 0 Å². The van der Waals surface area contributed by atoms with E-state index >= 15 is 0 Å². The summed E-state index contributed by atoms with van der Waals surface area (Å²) in [5.74, 6) is -1.47. The second kappa shape index (κ2) is 6.74. The van der Waals surface area contributed by atoms with Gasteiger partial charge in [0.15, 0.2) is 0 Å². The molecule has 2 aromatic rings. The third-order valence-corrected chi connectivity index (χ3v) is 4.04. The van der Waals surface area contributed by atoms with Crippen molar-refractivity contribution in [2.24, 2.45) is 0 Å². The van der Waals surface area contributed by atoms with E-state index < -0.39 is 11.8 Å². The Morgan fingerprint density at radius 2 is 2.19 bits per heavy atom. The summed E-state index contributed by atoms with van der Waals surface area (Å²) in [6.07, 6.45) is 2.38. The van der Waals surface area contributed by atoms with Crippen LogP contribution in [0.25, 0.3) is 6.08 Å². The lowest BCUT2D eigenvalue weighted by Gasteiger charge is -2.21. The number of nitrogens with zero attached hydrogens (tertiary/aromatic N) is 1. The van der Waals surface area contributed by atoms with Crippen molar-refractivity contribution in [1.29, 1.82) is 0 Å². The number of hydrogen-bond acceptors (Lipinski definition) is 3. The Balaban J connectivity index is 2.30. The van der Waals surface area contributed by atoms with Crippen molar-refractivity contribution in [2.45, 2.75) is 6.54 Å². The van der Waals surface area contributed by atoms with E-state index in [0.29, 0.717) is 22.1 Å². The van der Waals surface area contributed by atoms with Crippen molar-refractivity contribution in [1.82, 2.24) is 0 Å². The van der Waals surface area contributed by atoms with Crippen LogP contribution in [0.15, 0.2) is 36.4 Å². The third kappa shape index (κ3) is 4.06. The SMILES string of the molecule is CN(Cc1ccc(Cl)s1)c1c(F)cccc1/C=C/C(=O)O. The summed E-state index contributed by atoms with van der Waals surface area (Å²) >= 11 is 7.32. The highest BCUT2D eigenvalue weighted by Gasteiger charge is 2.13. The Bertz CT molecular complexity index is 684. The molecular weight excluding hydrogens is 313 g/mol. The van der Waals surface area contributed by atoms with Gasteiger partial charge in [-0.15, -0.1) is 11.3 Å². The Kier molecular flexibility index (Phi) is 4.98. The van der Waals surface area contributed by atoms with E-state index in [4.69, 9.17) is 16.7 Å². The second-order valence-electron chi connectivity index (χ2n) is 4.41. The summed E-state index contributed by atoms with van der Waals surface area (Å²) in [5, 5.41) is 8.70. The van der Waals surface area contributed by atoms with E-state index in [1.54, 1.807) is 30.1 Å². The number of rotatable bonds is 5. The smallest absolute Gasteiger partial charge is 0.328 e. The van der Waals surface area contributed by atoms with Crippen LogP contribution in [0.4, 0.5) is 10.1 Å². The van der Waals surface area contributed by atoms with Crippen molar-refractivity contribution in [3.05, 3.63) is 57.0 Å². The number of thiophene rings is 1. The van der Waals surface area contributed by atoms with Gasteiger partial charge in [-0.3, -0.25) is 0 Å². The van der Waals surface area contributed by atoms with Gasteiger partial charge in [0.1, 0.15) is 5.82 Å². The molecule has 0 saturated carbocycles. The molecule has 21 heavy (non-hydrogen) atoms. The maximum absolute atomic E-state index is 14.1. The van der Waals surface area contributed by atoms with Gasteiger partial charge in [0.25, 0.3) is 0 Å². The molecule has 0 saturated heterocycles. The first-order valence-corrected chi connectivity index (χ1v) is 7.31. The molecule has 2 rings (SSSR count). The second-order valence-corrected chi connectivity index (χ2v) is 6.21. The fraction of sp³-hybridized carbons (Fsp3) is 0.133. The summed E-state index contributed by atoms with van der Waals surface area (Å²) in [7, 11) is 1.75. The first kappa shape index (κ1) is 15.5. The van der Waals surface area contributed by atoms with Crippen LogP contribution in [-0.2, 0) is 11.3 Å². The number of carbonyl (C=O) groups is 1. The zero-order chi connectivity index (χ0) is 15.4. The van der Waals surface area contributed by atoms with Gasteiger partial charge in [-0.2, -0.15) is 0 Å². The molecule has 1 heterocycles. The highest BCUT2D eigenvalue weighted by molar-refractivity contribution is 7.16. The lowest BCUT2D eigenvalue weighted by molar-refractivity contribution is -0.131. The number of aliphatic carboxylic acids is 1. The Labute approximate surface area is 130 Å². The molecule has 1 aromatic carbocycles. The van der Waals surface area contributed by atoms with Crippen LogP contribution in [0.3, 0.4) is 0 Å². The van der Waals surface area contributed by atoms with Gasteiger partial charge in [-0.25, -0.2) is 9.18 Å². The maximum atomic E-state index is 14.1. The molecule has 1 aromatic heterocycles. The highest BCUT2D eigenvalue weighted by atomic mass is 35.5. The third-order valence-electron chi connectivity index (χ3n) is 2.83. The lowest BCUT2D eigenvalue weighted by atomic mass is 10.1. The predicted octanol–water partition coefficient (Wildman–Crippen LogP) is 4.27. The monoisotopic (exact) mass is 325 g/mol. The zero-order valence-electron chi connectivity index (χ0n) is 11.2. The van der Waals surface area contributed by atoms with E-state index in [9.17, 15) is 9.18 Å². The summed E-state index contributed by atoms with van der Waals surface area (Å²) in [4.78, 5) is 13.4. The molecule has 0 aliphatic carbocycles. The molecule has 0 bridgehead atoms. The fourth-order valence-corrected chi connectivity index (χ4v) is 3.12. The van der Waals surface area contributed by atoms with Gasteiger partial charge < -0.3 is 10.0 Å². The quantitative estimate of drug-likeness (QED) is 0.834. The molecule has 0 aliphatic heterocycles. The van der Waals surface area contributed by atoms with Crippen molar-refractivity contribution >= 4 is 40.7 Å². The van der Waals surface area contributed by atoms with Gasteiger partial charge >= 0.3 is 5.97 Å². The Morgan fingerprint density at radius 3 is 2.81 bits per heavy atom. The topological polar surface area (TPSA) is 40.5 Å². The molecule has 0 radical (unpaired) electrons.